The molecule has 0 atom stereocenters. The summed E-state index contributed by atoms with van der Waals surface area (Å²) in [5.74, 6) is 0. The largest absolute Gasteiger partial charge is 0.212 e. The van der Waals surface area contributed by atoms with Crippen molar-refractivity contribution in [3.05, 3.63) is 212 Å². The summed E-state index contributed by atoms with van der Waals surface area (Å²) in [5.41, 5.74) is 23.6. The van der Waals surface area contributed by atoms with Crippen LogP contribution >= 0.6 is 0 Å². The van der Waals surface area contributed by atoms with Crippen molar-refractivity contribution in [2.75, 3.05) is 0 Å². The van der Waals surface area contributed by atoms with Crippen LogP contribution in [0.25, 0.3) is 45.0 Å². The number of hydrogen-bond donors (Lipinski definition) is 0. The van der Waals surface area contributed by atoms with Gasteiger partial charge in [0.05, 0.1) is 0 Å². The van der Waals surface area contributed by atoms with Crippen LogP contribution in [-0.2, 0) is 53.8 Å². The summed E-state index contributed by atoms with van der Waals surface area (Å²) in [7, 11) is 8.08. The second-order valence-corrected chi connectivity index (χ2v) is 18.5. The van der Waals surface area contributed by atoms with Crippen molar-refractivity contribution in [2.45, 2.75) is 116 Å². The van der Waals surface area contributed by atoms with E-state index in [0.29, 0.717) is 11.1 Å². The van der Waals surface area contributed by atoms with Gasteiger partial charge >= 0.3 is 0 Å². The Morgan fingerprint density at radius 3 is 1.23 bits per heavy atom. The van der Waals surface area contributed by atoms with Gasteiger partial charge < -0.3 is 0 Å². The van der Waals surface area contributed by atoms with Crippen LogP contribution < -0.4 is 18.3 Å². The molecule has 0 N–H and O–H groups in total. The molecule has 0 aliphatic rings. The first-order valence-electron chi connectivity index (χ1n) is 27.8. The molecule has 358 valence electrons. The zero-order valence-corrected chi connectivity index (χ0v) is 44.5. The number of pyridine rings is 4. The molecule has 4 heterocycles. The summed E-state index contributed by atoms with van der Waals surface area (Å²) < 4.78 is 62.1. The zero-order valence-electron chi connectivity index (χ0n) is 51.5. The molecule has 0 unspecified atom stereocenters. The van der Waals surface area contributed by atoms with Gasteiger partial charge in [-0.25, -0.2) is 18.3 Å². The van der Waals surface area contributed by atoms with Crippen LogP contribution in [0.5, 0.6) is 0 Å². The lowest BCUT2D eigenvalue weighted by atomic mass is 9.99. The summed E-state index contributed by atoms with van der Waals surface area (Å²) >= 11 is 0. The number of aromatic nitrogens is 4. The van der Waals surface area contributed by atoms with E-state index in [9.17, 15) is 0 Å². The second kappa shape index (κ2) is 24.7. The molecule has 8 aromatic rings. The first kappa shape index (κ1) is 43.7. The second-order valence-electron chi connectivity index (χ2n) is 18.5. The standard InChI is InChI=1S/C17H22N.3C16H20N/c1-6-15-11-18(5)17(10-13(15)3)16-8-7-12(2)9-14(16)4;2*1-5-14-7-9-16(17(4)11-14)15-8-6-12(2)10-13(15)3;1-5-14-11-17(4)16(10-13(14)3)15-9-7-6-8-12(15)2/h7-11H,6H2,1-5H3;3*6-11H,5H2,1-4H3/q4*+1/i6D2;2D3,5D2;;. The van der Waals surface area contributed by atoms with E-state index in [4.69, 9.17) is 9.60 Å². The van der Waals surface area contributed by atoms with E-state index in [-0.39, 0.29) is 0 Å². The van der Waals surface area contributed by atoms with Crippen molar-refractivity contribution in [1.82, 2.24) is 0 Å². The lowest BCUT2D eigenvalue weighted by Gasteiger charge is -2.08. The van der Waals surface area contributed by atoms with Crippen LogP contribution in [0.2, 0.25) is 0 Å². The van der Waals surface area contributed by atoms with Gasteiger partial charge in [0.15, 0.2) is 24.8 Å². The van der Waals surface area contributed by atoms with Gasteiger partial charge in [-0.2, -0.15) is 0 Å². The zero-order chi connectivity index (χ0) is 56.6. The fourth-order valence-corrected chi connectivity index (χ4v) is 8.92. The molecule has 8 rings (SSSR count). The maximum atomic E-state index is 7.91. The molecule has 4 aromatic carbocycles. The highest BCUT2D eigenvalue weighted by atomic mass is 14.9. The van der Waals surface area contributed by atoms with Crippen molar-refractivity contribution in [2.24, 2.45) is 28.2 Å². The maximum Gasteiger partial charge on any atom is 0.212 e. The van der Waals surface area contributed by atoms with Gasteiger partial charge in [-0.15, -0.1) is 0 Å². The molecular weight excluding hydrogens is 837 g/mol. The van der Waals surface area contributed by atoms with Crippen LogP contribution in [0.3, 0.4) is 0 Å². The van der Waals surface area contributed by atoms with Gasteiger partial charge in [-0.3, -0.25) is 0 Å². The first-order valence-corrected chi connectivity index (χ1v) is 24.3. The van der Waals surface area contributed by atoms with Crippen molar-refractivity contribution >= 4 is 0 Å². The third kappa shape index (κ3) is 13.8. The molecule has 4 heteroatoms. The first-order chi connectivity index (χ1) is 35.4. The van der Waals surface area contributed by atoms with Crippen LogP contribution in [-0.4, -0.2) is 0 Å². The molecule has 0 fully saturated rings. The SMILES string of the molecule is CCc1c[n+](C)c(-c2ccccc2C)cc1C.CCc1ccc(-c2ccc(C)cc2C)[n+](C)c1.[2H]C([2H])(C)c1c[n+](C)c(-c2ccc(C)cc2C)cc1C.[2H]C([2H])([2H])c1ccc(-c2ccc(C([2H])([2H])C)c[n+]2C)c(C)c1. The van der Waals surface area contributed by atoms with Crippen molar-refractivity contribution in [3.8, 4) is 45.0 Å². The Labute approximate surface area is 427 Å². The minimum absolute atomic E-state index is 0.331. The molecule has 0 saturated carbocycles. The van der Waals surface area contributed by atoms with E-state index in [0.717, 1.165) is 46.5 Å². The number of benzene rings is 4. The minimum atomic E-state index is -2.10. The Hall–Kier alpha value is -6.52. The van der Waals surface area contributed by atoms with E-state index in [1.165, 1.54) is 79.5 Å². The number of hydrogen-bond acceptors (Lipinski definition) is 0. The van der Waals surface area contributed by atoms with Gasteiger partial charge in [-0.05, 0) is 158 Å². The maximum absolute atomic E-state index is 7.91. The van der Waals surface area contributed by atoms with E-state index >= 15 is 0 Å². The predicted octanol–water partition coefficient (Wildman–Crippen LogP) is 13.7. The Morgan fingerprint density at radius 2 is 0.783 bits per heavy atom. The van der Waals surface area contributed by atoms with Gasteiger partial charge in [0.1, 0.15) is 28.2 Å². The molecule has 0 spiro atoms. The van der Waals surface area contributed by atoms with Gasteiger partial charge in [0.25, 0.3) is 0 Å². The van der Waals surface area contributed by atoms with E-state index in [2.05, 4.69) is 176 Å². The molecule has 0 aliphatic heterocycles. The summed E-state index contributed by atoms with van der Waals surface area (Å²) in [6.45, 7) is 22.2. The molecule has 0 radical (unpaired) electrons. The normalized spacial score (nSPS) is 12.7. The Morgan fingerprint density at radius 1 is 0.362 bits per heavy atom. The highest BCUT2D eigenvalue weighted by Gasteiger charge is 2.17. The quantitative estimate of drug-likeness (QED) is 0.135. The van der Waals surface area contributed by atoms with E-state index in [1.54, 1.807) is 31.3 Å². The Bertz CT molecular complexity index is 3260. The van der Waals surface area contributed by atoms with Crippen molar-refractivity contribution in [1.29, 1.82) is 0 Å². The minimum Gasteiger partial charge on any atom is -0.201 e. The Balaban J connectivity index is 0.000000188. The van der Waals surface area contributed by atoms with E-state index in [1.807, 2.05) is 55.4 Å². The van der Waals surface area contributed by atoms with Gasteiger partial charge in [0, 0.05) is 78.4 Å². The van der Waals surface area contributed by atoms with E-state index < -0.39 is 19.6 Å². The van der Waals surface area contributed by atoms with Crippen LogP contribution in [0.1, 0.15) is 110 Å². The smallest absolute Gasteiger partial charge is 0.201 e. The van der Waals surface area contributed by atoms with Gasteiger partial charge in [0.2, 0.25) is 22.8 Å². The Kier molecular flexibility index (Phi) is 15.6. The molecule has 4 aromatic heterocycles. The average Bonchev–Trinajstić information content (AvgIpc) is 3.33. The summed E-state index contributed by atoms with van der Waals surface area (Å²) in [5, 5.41) is 0. The van der Waals surface area contributed by atoms with Gasteiger partial charge in [-0.1, -0.05) is 99.0 Å². The molecular formula is C65H82N4+4. The lowest BCUT2D eigenvalue weighted by molar-refractivity contribution is -0.661. The average molecular weight is 926 g/mol. The molecule has 69 heavy (non-hydrogen) atoms. The lowest BCUT2D eigenvalue weighted by Crippen LogP contribution is -2.32. The fourth-order valence-electron chi connectivity index (χ4n) is 8.92. The topological polar surface area (TPSA) is 15.5 Å². The molecule has 0 amide bonds. The number of nitrogens with zero attached hydrogens (tertiary/aromatic N) is 4. The third-order valence-corrected chi connectivity index (χ3v) is 13.0. The molecule has 0 aliphatic carbocycles. The summed E-state index contributed by atoms with van der Waals surface area (Å²) in [6, 6.07) is 39.2. The third-order valence-electron chi connectivity index (χ3n) is 13.0. The molecule has 0 saturated heterocycles. The monoisotopic (exact) mass is 926 g/mol. The predicted molar refractivity (Wildman–Crippen MR) is 292 cm³/mol. The summed E-state index contributed by atoms with van der Waals surface area (Å²) in [6.07, 6.45) is 7.61. The van der Waals surface area contributed by atoms with Crippen molar-refractivity contribution in [3.63, 3.8) is 0 Å². The molecule has 0 bridgehead atoms. The highest BCUT2D eigenvalue weighted by molar-refractivity contribution is 5.64. The number of aryl methyl sites for hydroxylation is 17. The summed E-state index contributed by atoms with van der Waals surface area (Å²) in [4.78, 5) is 0. The highest BCUT2D eigenvalue weighted by Crippen LogP contribution is 2.26. The fraction of sp³-hybridized carbons (Fsp3) is 0.323. The molecule has 4 nitrogen and oxygen atoms in total. The van der Waals surface area contributed by atoms with Crippen LogP contribution in [0.15, 0.2) is 140 Å². The number of rotatable bonds is 8. The van der Waals surface area contributed by atoms with Crippen LogP contribution in [0.4, 0.5) is 0 Å². The van der Waals surface area contributed by atoms with Crippen molar-refractivity contribution < 1.29 is 27.9 Å². The van der Waals surface area contributed by atoms with Crippen LogP contribution in [0, 0.1) is 62.2 Å².